The van der Waals surface area contributed by atoms with Crippen molar-refractivity contribution in [2.45, 2.75) is 0 Å². The minimum Gasteiger partial charge on any atom is -0.411 e. The van der Waals surface area contributed by atoms with Gasteiger partial charge in [-0.2, -0.15) is 0 Å². The van der Waals surface area contributed by atoms with Crippen LogP contribution in [0.4, 0.5) is 4.39 Å². The van der Waals surface area contributed by atoms with Crippen molar-refractivity contribution in [1.82, 2.24) is 4.57 Å². The van der Waals surface area contributed by atoms with Crippen LogP contribution in [0.1, 0.15) is 5.69 Å². The van der Waals surface area contributed by atoms with Crippen LogP contribution < -0.4 is 0 Å². The fraction of sp³-hybridized carbons (Fsp3) is 0. The molecule has 2 rings (SSSR count). The molecule has 0 saturated carbocycles. The Bertz CT molecular complexity index is 491. The molecule has 1 aromatic carbocycles. The summed E-state index contributed by atoms with van der Waals surface area (Å²) in [4.78, 5) is 0. The zero-order chi connectivity index (χ0) is 10.7. The van der Waals surface area contributed by atoms with Gasteiger partial charge in [-0.05, 0) is 24.3 Å². The van der Waals surface area contributed by atoms with E-state index >= 15 is 0 Å². The van der Waals surface area contributed by atoms with E-state index in [-0.39, 0.29) is 5.82 Å². The molecule has 1 aromatic heterocycles. The third kappa shape index (κ3) is 1.74. The lowest BCUT2D eigenvalue weighted by Crippen LogP contribution is -2.00. The van der Waals surface area contributed by atoms with Gasteiger partial charge in [-0.1, -0.05) is 17.3 Å². The molecular weight excluding hydrogens is 195 g/mol. The average molecular weight is 204 g/mol. The van der Waals surface area contributed by atoms with E-state index in [1.807, 2.05) is 0 Å². The van der Waals surface area contributed by atoms with Gasteiger partial charge in [0.25, 0.3) is 0 Å². The Morgan fingerprint density at radius 1 is 1.20 bits per heavy atom. The fourth-order valence-corrected chi connectivity index (χ4v) is 1.42. The Hall–Kier alpha value is -2.10. The number of aromatic nitrogens is 1. The SMILES string of the molecule is O/N=C\c1cccn1-c1ccccc1F. The van der Waals surface area contributed by atoms with Gasteiger partial charge < -0.3 is 9.77 Å². The second-order valence-corrected chi connectivity index (χ2v) is 3.00. The summed E-state index contributed by atoms with van der Waals surface area (Å²) in [6.45, 7) is 0. The Morgan fingerprint density at radius 2 is 2.00 bits per heavy atom. The number of nitrogens with zero attached hydrogens (tertiary/aromatic N) is 2. The lowest BCUT2D eigenvalue weighted by molar-refractivity contribution is 0.321. The highest BCUT2D eigenvalue weighted by Gasteiger charge is 2.05. The molecule has 0 amide bonds. The first kappa shape index (κ1) is 9.45. The molecule has 76 valence electrons. The maximum absolute atomic E-state index is 13.4. The summed E-state index contributed by atoms with van der Waals surface area (Å²) in [5.74, 6) is -0.318. The van der Waals surface area contributed by atoms with E-state index in [4.69, 9.17) is 5.21 Å². The van der Waals surface area contributed by atoms with E-state index in [0.717, 1.165) is 0 Å². The Labute approximate surface area is 86.1 Å². The van der Waals surface area contributed by atoms with Crippen LogP contribution in [-0.4, -0.2) is 16.0 Å². The van der Waals surface area contributed by atoms with Crippen LogP contribution in [0.15, 0.2) is 47.8 Å². The first-order valence-electron chi connectivity index (χ1n) is 4.42. The Kier molecular flexibility index (Phi) is 2.49. The smallest absolute Gasteiger partial charge is 0.147 e. The van der Waals surface area contributed by atoms with Crippen molar-refractivity contribution in [3.05, 3.63) is 54.1 Å². The molecule has 15 heavy (non-hydrogen) atoms. The van der Waals surface area contributed by atoms with Crippen LogP contribution in [0.25, 0.3) is 5.69 Å². The summed E-state index contributed by atoms with van der Waals surface area (Å²) in [7, 11) is 0. The Balaban J connectivity index is 2.54. The highest BCUT2D eigenvalue weighted by molar-refractivity contribution is 5.78. The molecule has 2 aromatic rings. The van der Waals surface area contributed by atoms with Crippen molar-refractivity contribution < 1.29 is 9.60 Å². The van der Waals surface area contributed by atoms with E-state index in [0.29, 0.717) is 11.4 Å². The standard InChI is InChI=1S/C11H9FN2O/c12-10-5-1-2-6-11(10)14-7-3-4-9(14)8-13-15/h1-8,15H/b13-8-. The van der Waals surface area contributed by atoms with Crippen LogP contribution in [0, 0.1) is 5.82 Å². The van der Waals surface area contributed by atoms with E-state index < -0.39 is 0 Å². The number of hydrogen-bond donors (Lipinski definition) is 1. The molecule has 1 heterocycles. The molecule has 0 aliphatic carbocycles. The monoisotopic (exact) mass is 204 g/mol. The first-order chi connectivity index (χ1) is 7.33. The molecule has 0 spiro atoms. The summed E-state index contributed by atoms with van der Waals surface area (Å²) in [6, 6.07) is 9.90. The molecule has 0 aliphatic heterocycles. The van der Waals surface area contributed by atoms with E-state index in [1.54, 1.807) is 41.1 Å². The lowest BCUT2D eigenvalue weighted by Gasteiger charge is -2.06. The van der Waals surface area contributed by atoms with Gasteiger partial charge in [0, 0.05) is 6.20 Å². The van der Waals surface area contributed by atoms with Crippen LogP contribution in [0.3, 0.4) is 0 Å². The summed E-state index contributed by atoms with van der Waals surface area (Å²) >= 11 is 0. The summed E-state index contributed by atoms with van der Waals surface area (Å²) < 4.78 is 15.1. The zero-order valence-electron chi connectivity index (χ0n) is 7.84. The van der Waals surface area contributed by atoms with Gasteiger partial charge >= 0.3 is 0 Å². The maximum Gasteiger partial charge on any atom is 0.147 e. The molecule has 0 aliphatic rings. The molecule has 3 nitrogen and oxygen atoms in total. The summed E-state index contributed by atoms with van der Waals surface area (Å²) in [5, 5.41) is 11.4. The third-order valence-corrected chi connectivity index (χ3v) is 2.08. The normalized spacial score (nSPS) is 11.0. The number of para-hydroxylation sites is 1. The first-order valence-corrected chi connectivity index (χ1v) is 4.42. The van der Waals surface area contributed by atoms with Gasteiger partial charge in [-0.15, -0.1) is 0 Å². The fourth-order valence-electron chi connectivity index (χ4n) is 1.42. The van der Waals surface area contributed by atoms with Crippen molar-refractivity contribution in [2.75, 3.05) is 0 Å². The van der Waals surface area contributed by atoms with Gasteiger partial charge in [0.15, 0.2) is 0 Å². The molecule has 4 heteroatoms. The second kappa shape index (κ2) is 3.96. The van der Waals surface area contributed by atoms with Crippen LogP contribution in [0.5, 0.6) is 0 Å². The van der Waals surface area contributed by atoms with E-state index in [2.05, 4.69) is 5.16 Å². The predicted octanol–water partition coefficient (Wildman–Crippen LogP) is 2.42. The average Bonchev–Trinajstić information content (AvgIpc) is 2.67. The second-order valence-electron chi connectivity index (χ2n) is 3.00. The molecule has 1 N–H and O–H groups in total. The zero-order valence-corrected chi connectivity index (χ0v) is 7.84. The van der Waals surface area contributed by atoms with Crippen molar-refractivity contribution >= 4 is 6.21 Å². The molecule has 0 atom stereocenters. The summed E-state index contributed by atoms with van der Waals surface area (Å²) in [5.41, 5.74) is 1.04. The quantitative estimate of drug-likeness (QED) is 0.455. The number of oxime groups is 1. The van der Waals surface area contributed by atoms with Gasteiger partial charge in [0.05, 0.1) is 17.6 Å². The van der Waals surface area contributed by atoms with Crippen molar-refractivity contribution in [3.63, 3.8) is 0 Å². The van der Waals surface area contributed by atoms with Gasteiger partial charge in [0.1, 0.15) is 5.82 Å². The van der Waals surface area contributed by atoms with Crippen molar-refractivity contribution in [3.8, 4) is 5.69 Å². The number of halogens is 1. The highest BCUT2D eigenvalue weighted by atomic mass is 19.1. The van der Waals surface area contributed by atoms with Crippen molar-refractivity contribution in [1.29, 1.82) is 0 Å². The molecule has 0 radical (unpaired) electrons. The third-order valence-electron chi connectivity index (χ3n) is 2.08. The largest absolute Gasteiger partial charge is 0.411 e. The number of benzene rings is 1. The minimum atomic E-state index is -0.318. The molecule has 0 fully saturated rings. The van der Waals surface area contributed by atoms with E-state index in [1.165, 1.54) is 12.3 Å². The lowest BCUT2D eigenvalue weighted by atomic mass is 10.3. The topological polar surface area (TPSA) is 37.5 Å². The summed E-state index contributed by atoms with van der Waals surface area (Å²) in [6.07, 6.45) is 2.96. The highest BCUT2D eigenvalue weighted by Crippen LogP contribution is 2.14. The van der Waals surface area contributed by atoms with Gasteiger partial charge in [0.2, 0.25) is 0 Å². The number of hydrogen-bond acceptors (Lipinski definition) is 2. The molecule has 0 saturated heterocycles. The van der Waals surface area contributed by atoms with Gasteiger partial charge in [-0.25, -0.2) is 4.39 Å². The van der Waals surface area contributed by atoms with E-state index in [9.17, 15) is 4.39 Å². The molecular formula is C11H9FN2O. The molecule has 0 unspecified atom stereocenters. The number of rotatable bonds is 2. The predicted molar refractivity (Wildman–Crippen MR) is 55.1 cm³/mol. The Morgan fingerprint density at radius 3 is 2.73 bits per heavy atom. The van der Waals surface area contributed by atoms with Gasteiger partial charge in [-0.3, -0.25) is 0 Å². The molecule has 0 bridgehead atoms. The maximum atomic E-state index is 13.4. The van der Waals surface area contributed by atoms with Crippen LogP contribution in [0.2, 0.25) is 0 Å². The van der Waals surface area contributed by atoms with Crippen molar-refractivity contribution in [2.24, 2.45) is 5.16 Å². The van der Waals surface area contributed by atoms with Crippen LogP contribution in [-0.2, 0) is 0 Å². The van der Waals surface area contributed by atoms with Crippen LogP contribution >= 0.6 is 0 Å². The minimum absolute atomic E-state index is 0.318.